The largest absolute Gasteiger partial charge is 0.311 e. The molecule has 0 bridgehead atoms. The third-order valence-corrected chi connectivity index (χ3v) is 11.0. The molecule has 10 rings (SSSR count). The molecule has 2 aliphatic heterocycles. The van der Waals surface area contributed by atoms with Crippen LogP contribution < -0.4 is 30.4 Å². The van der Waals surface area contributed by atoms with E-state index >= 15 is 0 Å². The van der Waals surface area contributed by atoms with Gasteiger partial charge < -0.3 is 14.7 Å². The summed E-state index contributed by atoms with van der Waals surface area (Å²) >= 11 is 1.93. The van der Waals surface area contributed by atoms with E-state index < -0.39 is 0 Å². The van der Waals surface area contributed by atoms with Crippen LogP contribution in [-0.2, 0) is 0 Å². The van der Waals surface area contributed by atoms with Crippen molar-refractivity contribution in [3.05, 3.63) is 182 Å². The number of thiophene rings is 1. The number of nitrogens with zero attached hydrogens (tertiary/aromatic N) is 3. The van der Waals surface area contributed by atoms with E-state index in [9.17, 15) is 0 Å². The molecule has 230 valence electrons. The Kier molecular flexibility index (Phi) is 6.46. The zero-order valence-corrected chi connectivity index (χ0v) is 27.5. The summed E-state index contributed by atoms with van der Waals surface area (Å²) in [6.07, 6.45) is 0. The molecule has 0 fully saturated rings. The highest BCUT2D eigenvalue weighted by Crippen LogP contribution is 2.48. The molecule has 1 aromatic heterocycles. The zero-order valence-electron chi connectivity index (χ0n) is 26.6. The Morgan fingerprint density at radius 2 is 1.00 bits per heavy atom. The van der Waals surface area contributed by atoms with Crippen LogP contribution in [0.5, 0.6) is 0 Å². The van der Waals surface area contributed by atoms with Crippen molar-refractivity contribution in [2.75, 3.05) is 14.7 Å². The van der Waals surface area contributed by atoms with Crippen LogP contribution in [0, 0.1) is 0 Å². The van der Waals surface area contributed by atoms with Gasteiger partial charge in [-0.3, -0.25) is 0 Å². The highest BCUT2D eigenvalue weighted by atomic mass is 32.1. The van der Waals surface area contributed by atoms with Gasteiger partial charge in [-0.05, 0) is 89.8 Å². The molecule has 2 aliphatic rings. The van der Waals surface area contributed by atoms with Crippen LogP contribution in [0.25, 0.3) is 10.1 Å². The average molecular weight is 644 g/mol. The number of hydrogen-bond donors (Lipinski definition) is 0. The van der Waals surface area contributed by atoms with Crippen molar-refractivity contribution >= 4 is 95.0 Å². The van der Waals surface area contributed by atoms with Gasteiger partial charge in [0.1, 0.15) is 0 Å². The van der Waals surface area contributed by atoms with Crippen LogP contribution >= 0.6 is 11.3 Å². The maximum absolute atomic E-state index is 2.50. The van der Waals surface area contributed by atoms with E-state index in [-0.39, 0.29) is 6.71 Å². The topological polar surface area (TPSA) is 9.72 Å². The third-order valence-electron chi connectivity index (χ3n) is 9.79. The van der Waals surface area contributed by atoms with Crippen molar-refractivity contribution in [3.63, 3.8) is 0 Å². The zero-order chi connectivity index (χ0) is 32.3. The second kappa shape index (κ2) is 11.3. The number of benzene rings is 7. The molecule has 0 radical (unpaired) electrons. The van der Waals surface area contributed by atoms with Gasteiger partial charge in [0.05, 0.1) is 5.69 Å². The summed E-state index contributed by atoms with van der Waals surface area (Å²) in [4.78, 5) is 7.33. The Morgan fingerprint density at radius 1 is 0.449 bits per heavy atom. The predicted octanol–water partition coefficient (Wildman–Crippen LogP) is 10.5. The summed E-state index contributed by atoms with van der Waals surface area (Å²) in [5.74, 6) is 0. The van der Waals surface area contributed by atoms with Gasteiger partial charge in [0.25, 0.3) is 6.71 Å². The van der Waals surface area contributed by atoms with Crippen molar-refractivity contribution in [1.82, 2.24) is 0 Å². The molecular weight excluding hydrogens is 613 g/mol. The number of rotatable bonds is 5. The second-order valence-electron chi connectivity index (χ2n) is 12.5. The van der Waals surface area contributed by atoms with E-state index in [1.165, 1.54) is 54.2 Å². The molecule has 0 unspecified atom stereocenters. The molecule has 0 saturated carbocycles. The minimum absolute atomic E-state index is 0.0875. The Labute approximate surface area is 290 Å². The fourth-order valence-electron chi connectivity index (χ4n) is 7.79. The number of anilines is 9. The Balaban J connectivity index is 1.27. The molecule has 49 heavy (non-hydrogen) atoms. The third kappa shape index (κ3) is 4.36. The molecule has 5 heteroatoms. The molecule has 0 saturated heterocycles. The van der Waals surface area contributed by atoms with E-state index in [4.69, 9.17) is 0 Å². The van der Waals surface area contributed by atoms with Gasteiger partial charge in [0.15, 0.2) is 0 Å². The van der Waals surface area contributed by atoms with Crippen LogP contribution in [-0.4, -0.2) is 6.71 Å². The van der Waals surface area contributed by atoms with Crippen molar-refractivity contribution in [2.45, 2.75) is 0 Å². The number of para-hydroxylation sites is 4. The quantitative estimate of drug-likeness (QED) is 0.173. The summed E-state index contributed by atoms with van der Waals surface area (Å²) in [6, 6.07) is 65.9. The summed E-state index contributed by atoms with van der Waals surface area (Å²) in [6.45, 7) is 0.0875. The standard InChI is InChI=1S/C44H30BN3S/c1-5-16-31(17-6-1)46(32-18-7-2-8-19-32)35-28-29-37-40(30-35)47(33-20-9-3-10-21-33)38-25-15-26-39-42(38)45(37)44-43(36-24-13-14-27-41(36)49-44)48(39)34-22-11-4-12-23-34/h1-30H. The molecule has 3 heterocycles. The Morgan fingerprint density at radius 3 is 1.65 bits per heavy atom. The lowest BCUT2D eigenvalue weighted by atomic mass is 9.36. The first kappa shape index (κ1) is 28.0. The minimum Gasteiger partial charge on any atom is -0.311 e. The van der Waals surface area contributed by atoms with E-state index in [0.29, 0.717) is 0 Å². The van der Waals surface area contributed by atoms with Crippen LogP contribution in [0.2, 0.25) is 0 Å². The molecule has 0 N–H and O–H groups in total. The normalized spacial score (nSPS) is 12.8. The lowest BCUT2D eigenvalue weighted by Gasteiger charge is -2.43. The van der Waals surface area contributed by atoms with E-state index in [1.54, 1.807) is 0 Å². The van der Waals surface area contributed by atoms with Gasteiger partial charge in [-0.1, -0.05) is 103 Å². The van der Waals surface area contributed by atoms with Gasteiger partial charge in [0.2, 0.25) is 0 Å². The average Bonchev–Trinajstić information content (AvgIpc) is 3.56. The molecular formula is C44H30BN3S. The van der Waals surface area contributed by atoms with Gasteiger partial charge in [-0.2, -0.15) is 0 Å². The number of fused-ring (bicyclic) bond motifs is 6. The maximum Gasteiger partial charge on any atom is 0.264 e. The van der Waals surface area contributed by atoms with Crippen molar-refractivity contribution in [3.8, 4) is 0 Å². The molecule has 0 aliphatic carbocycles. The predicted molar refractivity (Wildman–Crippen MR) is 211 cm³/mol. The van der Waals surface area contributed by atoms with Crippen LogP contribution in [0.3, 0.4) is 0 Å². The van der Waals surface area contributed by atoms with Crippen LogP contribution in [0.4, 0.5) is 51.2 Å². The Bertz CT molecular complexity index is 2420. The lowest BCUT2D eigenvalue weighted by Crippen LogP contribution is -2.60. The van der Waals surface area contributed by atoms with Gasteiger partial charge in [-0.15, -0.1) is 11.3 Å². The summed E-state index contributed by atoms with van der Waals surface area (Å²) in [7, 11) is 0. The molecule has 0 spiro atoms. The van der Waals surface area contributed by atoms with Crippen molar-refractivity contribution < 1.29 is 0 Å². The van der Waals surface area contributed by atoms with Crippen LogP contribution in [0.15, 0.2) is 182 Å². The first-order valence-corrected chi connectivity index (χ1v) is 17.6. The van der Waals surface area contributed by atoms with E-state index in [2.05, 4.69) is 197 Å². The molecule has 3 nitrogen and oxygen atoms in total. The SMILES string of the molecule is c1ccc(N(c2ccccc2)c2ccc3c(c2)N(c2ccccc2)c2cccc4c2B3c2sc3ccccc3c2N4c2ccccc2)cc1. The Hall–Kier alpha value is -6.04. The summed E-state index contributed by atoms with van der Waals surface area (Å²) < 4.78 is 2.69. The summed E-state index contributed by atoms with van der Waals surface area (Å²) in [5, 5.41) is 1.30. The fraction of sp³-hybridized carbons (Fsp3) is 0. The molecule has 8 aromatic rings. The molecule has 0 atom stereocenters. The molecule has 7 aromatic carbocycles. The minimum atomic E-state index is 0.0875. The van der Waals surface area contributed by atoms with Crippen molar-refractivity contribution in [2.24, 2.45) is 0 Å². The summed E-state index contributed by atoms with van der Waals surface area (Å²) in [5.41, 5.74) is 13.3. The maximum atomic E-state index is 2.50. The van der Waals surface area contributed by atoms with E-state index in [1.807, 2.05) is 11.3 Å². The van der Waals surface area contributed by atoms with Gasteiger partial charge in [-0.25, -0.2) is 0 Å². The highest BCUT2D eigenvalue weighted by Gasteiger charge is 2.45. The lowest BCUT2D eigenvalue weighted by molar-refractivity contribution is 1.24. The fourth-order valence-corrected chi connectivity index (χ4v) is 9.11. The van der Waals surface area contributed by atoms with Gasteiger partial charge >= 0.3 is 0 Å². The monoisotopic (exact) mass is 643 g/mol. The van der Waals surface area contributed by atoms with Gasteiger partial charge in [0, 0.05) is 60.4 Å². The van der Waals surface area contributed by atoms with Crippen LogP contribution in [0.1, 0.15) is 0 Å². The smallest absolute Gasteiger partial charge is 0.264 e. The first-order valence-electron chi connectivity index (χ1n) is 16.7. The first-order chi connectivity index (χ1) is 24.3. The highest BCUT2D eigenvalue weighted by molar-refractivity contribution is 7.33. The molecule has 0 amide bonds. The number of hydrogen-bond acceptors (Lipinski definition) is 4. The van der Waals surface area contributed by atoms with E-state index in [0.717, 1.165) is 22.7 Å². The second-order valence-corrected chi connectivity index (χ2v) is 13.6. The van der Waals surface area contributed by atoms with Crippen molar-refractivity contribution in [1.29, 1.82) is 0 Å².